The Kier molecular flexibility index (Phi) is 4.16. The topological polar surface area (TPSA) is 72.9 Å². The molecule has 2 rings (SSSR count). The predicted octanol–water partition coefficient (Wildman–Crippen LogP) is 2.12. The molecule has 19 heavy (non-hydrogen) atoms. The summed E-state index contributed by atoms with van der Waals surface area (Å²) < 4.78 is 1.90. The van der Waals surface area contributed by atoms with E-state index in [4.69, 9.17) is 5.73 Å². The van der Waals surface area contributed by atoms with E-state index in [1.165, 1.54) is 0 Å². The second-order valence-electron chi connectivity index (χ2n) is 4.62. The van der Waals surface area contributed by atoms with Gasteiger partial charge in [0.15, 0.2) is 0 Å². The molecule has 5 nitrogen and oxygen atoms in total. The van der Waals surface area contributed by atoms with Gasteiger partial charge < -0.3 is 11.1 Å². The van der Waals surface area contributed by atoms with Crippen molar-refractivity contribution in [1.82, 2.24) is 9.78 Å². The van der Waals surface area contributed by atoms with Crippen LogP contribution in [-0.4, -0.2) is 21.7 Å². The van der Waals surface area contributed by atoms with Crippen LogP contribution in [0.15, 0.2) is 24.4 Å². The molecule has 0 saturated carbocycles. The minimum Gasteiger partial charge on any atom is -0.325 e. The van der Waals surface area contributed by atoms with Crippen molar-refractivity contribution in [2.45, 2.75) is 39.3 Å². The van der Waals surface area contributed by atoms with Crippen molar-refractivity contribution in [3.63, 3.8) is 0 Å². The summed E-state index contributed by atoms with van der Waals surface area (Å²) in [5.41, 5.74) is 7.58. The predicted molar refractivity (Wildman–Crippen MR) is 76.9 cm³/mol. The van der Waals surface area contributed by atoms with Gasteiger partial charge in [-0.05, 0) is 31.5 Å². The number of aryl methyl sites for hydroxylation is 1. The number of nitrogens with two attached hydrogens (primary N) is 1. The van der Waals surface area contributed by atoms with E-state index in [1.54, 1.807) is 0 Å². The van der Waals surface area contributed by atoms with E-state index >= 15 is 0 Å². The van der Waals surface area contributed by atoms with Crippen LogP contribution in [-0.2, 0) is 11.3 Å². The average molecular weight is 260 g/mol. The Balaban J connectivity index is 2.19. The number of hydrogen-bond donors (Lipinski definition) is 2. The van der Waals surface area contributed by atoms with Crippen molar-refractivity contribution >= 4 is 22.5 Å². The van der Waals surface area contributed by atoms with Crippen molar-refractivity contribution in [3.8, 4) is 0 Å². The Morgan fingerprint density at radius 3 is 2.95 bits per heavy atom. The van der Waals surface area contributed by atoms with Gasteiger partial charge in [-0.1, -0.05) is 13.3 Å². The number of benzene rings is 1. The van der Waals surface area contributed by atoms with Gasteiger partial charge in [0.1, 0.15) is 0 Å². The van der Waals surface area contributed by atoms with E-state index in [1.807, 2.05) is 42.9 Å². The van der Waals surface area contributed by atoms with Crippen LogP contribution >= 0.6 is 0 Å². The fourth-order valence-corrected chi connectivity index (χ4v) is 2.08. The Labute approximate surface area is 112 Å². The Morgan fingerprint density at radius 1 is 1.47 bits per heavy atom. The van der Waals surface area contributed by atoms with Crippen LogP contribution in [0.1, 0.15) is 26.7 Å². The molecule has 0 aliphatic heterocycles. The first-order chi connectivity index (χ1) is 9.15. The molecule has 3 N–H and O–H groups in total. The zero-order valence-electron chi connectivity index (χ0n) is 11.4. The lowest BCUT2D eigenvalue weighted by molar-refractivity contribution is -0.117. The number of carbonyl (C=O) groups excluding carboxylic acids is 1. The minimum absolute atomic E-state index is 0.135. The monoisotopic (exact) mass is 260 g/mol. The maximum absolute atomic E-state index is 11.9. The molecule has 0 spiro atoms. The van der Waals surface area contributed by atoms with Crippen LogP contribution < -0.4 is 11.1 Å². The quantitative estimate of drug-likeness (QED) is 0.865. The maximum atomic E-state index is 11.9. The first-order valence-corrected chi connectivity index (χ1v) is 6.67. The van der Waals surface area contributed by atoms with Crippen LogP contribution in [0.5, 0.6) is 0 Å². The molecule has 102 valence electrons. The second-order valence-corrected chi connectivity index (χ2v) is 4.62. The van der Waals surface area contributed by atoms with Gasteiger partial charge in [0.2, 0.25) is 5.91 Å². The molecule has 0 bridgehead atoms. The molecule has 1 amide bonds. The summed E-state index contributed by atoms with van der Waals surface area (Å²) in [6, 6.07) is 5.31. The number of fused-ring (bicyclic) bond motifs is 1. The molecule has 0 radical (unpaired) electrons. The van der Waals surface area contributed by atoms with Crippen LogP contribution in [0.3, 0.4) is 0 Å². The second kappa shape index (κ2) is 5.84. The van der Waals surface area contributed by atoms with E-state index in [9.17, 15) is 4.79 Å². The number of aromatic nitrogens is 2. The number of hydrogen-bond acceptors (Lipinski definition) is 3. The molecule has 1 unspecified atom stereocenters. The normalized spacial score (nSPS) is 12.6. The van der Waals surface area contributed by atoms with Gasteiger partial charge in [-0.25, -0.2) is 0 Å². The molecule has 5 heteroatoms. The number of anilines is 1. The Hall–Kier alpha value is -1.88. The number of nitrogens with zero attached hydrogens (tertiary/aromatic N) is 2. The molecule has 1 aromatic heterocycles. The molecule has 1 aromatic carbocycles. The molecule has 2 aromatic rings. The van der Waals surface area contributed by atoms with Gasteiger partial charge in [0.05, 0.1) is 17.8 Å². The molecule has 1 heterocycles. The number of nitrogens with one attached hydrogen (secondary N) is 1. The Morgan fingerprint density at radius 2 is 2.26 bits per heavy atom. The molecule has 0 saturated heterocycles. The molecule has 0 aliphatic carbocycles. The zero-order valence-corrected chi connectivity index (χ0v) is 11.4. The van der Waals surface area contributed by atoms with E-state index in [0.29, 0.717) is 6.42 Å². The van der Waals surface area contributed by atoms with Crippen molar-refractivity contribution in [3.05, 3.63) is 24.4 Å². The molecule has 0 fully saturated rings. The van der Waals surface area contributed by atoms with Crippen molar-refractivity contribution < 1.29 is 4.79 Å². The number of rotatable bonds is 5. The van der Waals surface area contributed by atoms with E-state index in [0.717, 1.165) is 29.6 Å². The van der Waals surface area contributed by atoms with Crippen LogP contribution in [0.2, 0.25) is 0 Å². The highest BCUT2D eigenvalue weighted by Gasteiger charge is 2.12. The fraction of sp³-hybridized carbons (Fsp3) is 0.429. The van der Waals surface area contributed by atoms with Gasteiger partial charge in [0, 0.05) is 17.6 Å². The first kappa shape index (κ1) is 13.5. The van der Waals surface area contributed by atoms with Gasteiger partial charge in [-0.2, -0.15) is 5.10 Å². The van der Waals surface area contributed by atoms with Gasteiger partial charge in [0.25, 0.3) is 0 Å². The lowest BCUT2D eigenvalue weighted by atomic mass is 10.1. The third-order valence-electron chi connectivity index (χ3n) is 3.15. The van der Waals surface area contributed by atoms with Crippen molar-refractivity contribution in [1.29, 1.82) is 0 Å². The average Bonchev–Trinajstić information content (AvgIpc) is 2.81. The summed E-state index contributed by atoms with van der Waals surface area (Å²) in [4.78, 5) is 11.9. The summed E-state index contributed by atoms with van der Waals surface area (Å²) in [6.07, 6.45) is 3.42. The largest absolute Gasteiger partial charge is 0.325 e. The van der Waals surface area contributed by atoms with Crippen molar-refractivity contribution in [2.75, 3.05) is 5.32 Å². The van der Waals surface area contributed by atoms with Gasteiger partial charge in [-0.15, -0.1) is 0 Å². The lowest BCUT2D eigenvalue weighted by Crippen LogP contribution is -2.35. The Bertz CT molecular complexity index is 576. The summed E-state index contributed by atoms with van der Waals surface area (Å²) in [7, 11) is 0. The summed E-state index contributed by atoms with van der Waals surface area (Å²) in [6.45, 7) is 4.85. The SMILES string of the molecule is CCCC(N)C(=O)Nc1ccc2cnn(CC)c2c1. The van der Waals surface area contributed by atoms with E-state index in [-0.39, 0.29) is 5.91 Å². The molecular weight excluding hydrogens is 240 g/mol. The number of carbonyl (C=O) groups is 1. The lowest BCUT2D eigenvalue weighted by Gasteiger charge is -2.11. The van der Waals surface area contributed by atoms with Gasteiger partial charge in [-0.3, -0.25) is 9.48 Å². The van der Waals surface area contributed by atoms with Crippen molar-refractivity contribution in [2.24, 2.45) is 5.73 Å². The smallest absolute Gasteiger partial charge is 0.241 e. The fourth-order valence-electron chi connectivity index (χ4n) is 2.08. The van der Waals surface area contributed by atoms with Crippen LogP contribution in [0, 0.1) is 0 Å². The molecule has 1 atom stereocenters. The maximum Gasteiger partial charge on any atom is 0.241 e. The number of amides is 1. The molecular formula is C14H20N4O. The third-order valence-corrected chi connectivity index (χ3v) is 3.15. The summed E-state index contributed by atoms with van der Waals surface area (Å²) in [5, 5.41) is 8.20. The molecule has 0 aliphatic rings. The van der Waals surface area contributed by atoms with Crippen LogP contribution in [0.25, 0.3) is 10.9 Å². The standard InChI is InChI=1S/C14H20N4O/c1-3-5-12(15)14(19)17-11-7-6-10-9-16-18(4-2)13(10)8-11/h6-9,12H,3-5,15H2,1-2H3,(H,17,19). The van der Waals surface area contributed by atoms with E-state index < -0.39 is 6.04 Å². The minimum atomic E-state index is -0.447. The zero-order chi connectivity index (χ0) is 13.8. The van der Waals surface area contributed by atoms with Gasteiger partial charge >= 0.3 is 0 Å². The first-order valence-electron chi connectivity index (χ1n) is 6.67. The highest BCUT2D eigenvalue weighted by Crippen LogP contribution is 2.19. The third kappa shape index (κ3) is 2.93. The van der Waals surface area contributed by atoms with E-state index in [2.05, 4.69) is 10.4 Å². The highest BCUT2D eigenvalue weighted by molar-refractivity contribution is 5.96. The van der Waals surface area contributed by atoms with Crippen LogP contribution in [0.4, 0.5) is 5.69 Å². The summed E-state index contributed by atoms with van der Waals surface area (Å²) >= 11 is 0. The highest BCUT2D eigenvalue weighted by atomic mass is 16.2. The summed E-state index contributed by atoms with van der Waals surface area (Å²) in [5.74, 6) is -0.135.